The summed E-state index contributed by atoms with van der Waals surface area (Å²) in [5.74, 6) is 0.332. The molecule has 0 bridgehead atoms. The molecule has 0 saturated carbocycles. The molecule has 0 N–H and O–H groups in total. The number of aromatic nitrogens is 5. The van der Waals surface area contributed by atoms with Crippen molar-refractivity contribution in [1.29, 1.82) is 0 Å². The van der Waals surface area contributed by atoms with E-state index in [1.165, 1.54) is 4.57 Å². The molecule has 0 unspecified atom stereocenters. The van der Waals surface area contributed by atoms with Gasteiger partial charge in [-0.1, -0.05) is 71.0 Å². The fraction of sp³-hybridized carbons (Fsp3) is 0. The molecule has 8 nitrogen and oxygen atoms in total. The largest absolute Gasteiger partial charge is 0.446 e. The topological polar surface area (TPSA) is 99.8 Å². The second-order valence-electron chi connectivity index (χ2n) is 6.13. The predicted octanol–water partition coefficient (Wildman–Crippen LogP) is 3.60. The molecule has 0 spiro atoms. The lowest BCUT2D eigenvalue weighted by molar-refractivity contribution is 0.383. The lowest BCUT2D eigenvalue weighted by Gasteiger charge is -2.07. The molecule has 2 aromatic carbocycles. The number of hydrogen-bond acceptors (Lipinski definition) is 7. The zero-order valence-electron chi connectivity index (χ0n) is 15.0. The smallest absolute Gasteiger partial charge is 0.332 e. The molecule has 5 rings (SSSR count). The molecular formula is C21H13N5O3. The van der Waals surface area contributed by atoms with Gasteiger partial charge in [0.2, 0.25) is 5.82 Å². The summed E-state index contributed by atoms with van der Waals surface area (Å²) in [5.41, 5.74) is 2.32. The van der Waals surface area contributed by atoms with Crippen molar-refractivity contribution >= 4 is 0 Å². The van der Waals surface area contributed by atoms with Gasteiger partial charge >= 0.3 is 5.76 Å². The van der Waals surface area contributed by atoms with Crippen LogP contribution in [0.15, 0.2) is 92.8 Å². The van der Waals surface area contributed by atoms with E-state index in [9.17, 15) is 4.79 Å². The molecule has 0 aliphatic carbocycles. The first-order valence-corrected chi connectivity index (χ1v) is 8.80. The monoisotopic (exact) mass is 383 g/mol. The fourth-order valence-corrected chi connectivity index (χ4v) is 3.00. The van der Waals surface area contributed by atoms with E-state index in [1.54, 1.807) is 18.3 Å². The van der Waals surface area contributed by atoms with Crippen LogP contribution in [0.1, 0.15) is 0 Å². The van der Waals surface area contributed by atoms with Crippen LogP contribution in [0.3, 0.4) is 0 Å². The van der Waals surface area contributed by atoms with Crippen LogP contribution in [0.5, 0.6) is 0 Å². The van der Waals surface area contributed by atoms with Gasteiger partial charge in [-0.05, 0) is 12.1 Å². The lowest BCUT2D eigenvalue weighted by Crippen LogP contribution is -2.14. The Morgan fingerprint density at radius 1 is 0.759 bits per heavy atom. The van der Waals surface area contributed by atoms with Gasteiger partial charge in [-0.2, -0.15) is 4.98 Å². The Kier molecular flexibility index (Phi) is 4.06. The third-order valence-corrected chi connectivity index (χ3v) is 4.32. The van der Waals surface area contributed by atoms with Crippen LogP contribution in [-0.4, -0.2) is 24.8 Å². The lowest BCUT2D eigenvalue weighted by atomic mass is 10.2. The Hall–Kier alpha value is -4.33. The maximum atomic E-state index is 12.5. The third kappa shape index (κ3) is 3.02. The SMILES string of the molecule is O=c1onc(-c2ccccc2)n1-c1cccnc1-c1nc(-c2ccccc2)no1. The van der Waals surface area contributed by atoms with E-state index in [4.69, 9.17) is 9.05 Å². The van der Waals surface area contributed by atoms with E-state index in [-0.39, 0.29) is 5.89 Å². The van der Waals surface area contributed by atoms with Crippen molar-refractivity contribution in [1.82, 2.24) is 24.8 Å². The van der Waals surface area contributed by atoms with Gasteiger partial charge < -0.3 is 4.52 Å². The molecule has 5 aromatic rings. The van der Waals surface area contributed by atoms with Crippen molar-refractivity contribution in [3.63, 3.8) is 0 Å². The summed E-state index contributed by atoms with van der Waals surface area (Å²) in [6.07, 6.45) is 1.59. The van der Waals surface area contributed by atoms with Crippen LogP contribution in [0.2, 0.25) is 0 Å². The number of pyridine rings is 1. The minimum atomic E-state index is -0.638. The second-order valence-corrected chi connectivity index (χ2v) is 6.13. The second kappa shape index (κ2) is 7.01. The highest BCUT2D eigenvalue weighted by Gasteiger charge is 2.22. The van der Waals surface area contributed by atoms with E-state index in [2.05, 4.69) is 20.3 Å². The van der Waals surface area contributed by atoms with Crippen molar-refractivity contribution in [2.75, 3.05) is 0 Å². The number of nitrogens with zero attached hydrogens (tertiary/aromatic N) is 5. The Morgan fingerprint density at radius 3 is 2.24 bits per heavy atom. The number of rotatable bonds is 4. The van der Waals surface area contributed by atoms with E-state index in [1.807, 2.05) is 60.7 Å². The van der Waals surface area contributed by atoms with Crippen molar-refractivity contribution < 1.29 is 9.05 Å². The van der Waals surface area contributed by atoms with Crippen molar-refractivity contribution in [3.8, 4) is 40.0 Å². The normalized spacial score (nSPS) is 10.9. The van der Waals surface area contributed by atoms with Gasteiger partial charge in [0, 0.05) is 17.3 Å². The highest BCUT2D eigenvalue weighted by molar-refractivity contribution is 5.67. The van der Waals surface area contributed by atoms with E-state index in [0.717, 1.165) is 11.1 Å². The molecule has 140 valence electrons. The average molecular weight is 383 g/mol. The molecule has 0 aliphatic heterocycles. The predicted molar refractivity (Wildman–Crippen MR) is 104 cm³/mol. The van der Waals surface area contributed by atoms with Gasteiger partial charge in [0.05, 0.1) is 5.69 Å². The molecule has 29 heavy (non-hydrogen) atoms. The summed E-state index contributed by atoms with van der Waals surface area (Å²) in [4.78, 5) is 21.3. The molecule has 0 saturated heterocycles. The molecule has 0 aliphatic rings. The van der Waals surface area contributed by atoms with Crippen LogP contribution >= 0.6 is 0 Å². The molecule has 8 heteroatoms. The zero-order chi connectivity index (χ0) is 19.6. The van der Waals surface area contributed by atoms with Crippen molar-refractivity contribution in [2.24, 2.45) is 0 Å². The van der Waals surface area contributed by atoms with E-state index < -0.39 is 5.76 Å². The minimum Gasteiger partial charge on any atom is -0.332 e. The van der Waals surface area contributed by atoms with Gasteiger partial charge in [-0.15, -0.1) is 0 Å². The van der Waals surface area contributed by atoms with Gasteiger partial charge in [-0.3, -0.25) is 4.52 Å². The summed E-state index contributed by atoms with van der Waals surface area (Å²) in [7, 11) is 0. The van der Waals surface area contributed by atoms with Crippen molar-refractivity contribution in [2.45, 2.75) is 0 Å². The van der Waals surface area contributed by atoms with Crippen LogP contribution in [-0.2, 0) is 0 Å². The third-order valence-electron chi connectivity index (χ3n) is 4.32. The van der Waals surface area contributed by atoms with Crippen LogP contribution in [0.25, 0.3) is 40.0 Å². The molecule has 3 heterocycles. The Morgan fingerprint density at radius 2 is 1.48 bits per heavy atom. The zero-order valence-corrected chi connectivity index (χ0v) is 15.0. The van der Waals surface area contributed by atoms with Crippen molar-refractivity contribution in [3.05, 3.63) is 89.5 Å². The minimum absolute atomic E-state index is 0.187. The molecule has 0 atom stereocenters. The number of benzene rings is 2. The van der Waals surface area contributed by atoms with E-state index in [0.29, 0.717) is 23.0 Å². The summed E-state index contributed by atoms with van der Waals surface area (Å²) < 4.78 is 11.7. The summed E-state index contributed by atoms with van der Waals surface area (Å²) in [6.45, 7) is 0. The summed E-state index contributed by atoms with van der Waals surface area (Å²) >= 11 is 0. The fourth-order valence-electron chi connectivity index (χ4n) is 3.00. The Balaban J connectivity index is 1.65. The van der Waals surface area contributed by atoms with Gasteiger partial charge in [0.15, 0.2) is 11.5 Å². The van der Waals surface area contributed by atoms with Gasteiger partial charge in [0.1, 0.15) is 0 Å². The highest BCUT2D eigenvalue weighted by Crippen LogP contribution is 2.27. The quantitative estimate of drug-likeness (QED) is 0.467. The molecule has 0 amide bonds. The van der Waals surface area contributed by atoms with Gasteiger partial charge in [0.25, 0.3) is 5.89 Å². The molecule has 3 aromatic heterocycles. The first kappa shape index (κ1) is 16.8. The standard InChI is InChI=1S/C21H13N5O3/c27-21-26(19(25-29-21)15-10-5-2-6-11-15)16-12-7-13-22-17(16)20-23-18(24-28-20)14-8-3-1-4-9-14/h1-13H. The maximum Gasteiger partial charge on any atom is 0.446 e. The molecule has 0 fully saturated rings. The van der Waals surface area contributed by atoms with Crippen LogP contribution in [0, 0.1) is 0 Å². The van der Waals surface area contributed by atoms with Crippen LogP contribution < -0.4 is 5.76 Å². The molecular weight excluding hydrogens is 370 g/mol. The summed E-state index contributed by atoms with van der Waals surface area (Å²) in [5, 5.41) is 7.97. The first-order chi connectivity index (χ1) is 14.3. The number of hydrogen-bond donors (Lipinski definition) is 0. The summed E-state index contributed by atoms with van der Waals surface area (Å²) in [6, 6.07) is 22.1. The van der Waals surface area contributed by atoms with Crippen LogP contribution in [0.4, 0.5) is 0 Å². The first-order valence-electron chi connectivity index (χ1n) is 8.80. The molecule has 0 radical (unpaired) electrons. The Bertz CT molecular complexity index is 1320. The average Bonchev–Trinajstić information content (AvgIpc) is 3.42. The Labute approximate surface area is 164 Å². The van der Waals surface area contributed by atoms with Gasteiger partial charge in [-0.25, -0.2) is 14.3 Å². The van der Waals surface area contributed by atoms with E-state index >= 15 is 0 Å². The highest BCUT2D eigenvalue weighted by atomic mass is 16.5. The maximum absolute atomic E-state index is 12.5.